The van der Waals surface area contributed by atoms with Crippen molar-refractivity contribution in [1.82, 2.24) is 24.9 Å². The Labute approximate surface area is 225 Å². The third kappa shape index (κ3) is 4.30. The van der Waals surface area contributed by atoms with Gasteiger partial charge in [-0.05, 0) is 48.4 Å². The molecule has 3 aromatic carbocycles. The van der Waals surface area contributed by atoms with Crippen molar-refractivity contribution in [1.29, 1.82) is 0 Å². The quantitative estimate of drug-likeness (QED) is 0.229. The summed E-state index contributed by atoms with van der Waals surface area (Å²) in [6.07, 6.45) is 1.78. The van der Waals surface area contributed by atoms with Crippen LogP contribution in [0.25, 0.3) is 67.1 Å². The number of benzene rings is 3. The summed E-state index contributed by atoms with van der Waals surface area (Å²) in [4.78, 5) is 24.4. The molecule has 39 heavy (non-hydrogen) atoms. The fraction of sp³-hybridized carbons (Fsp3) is 0.0294. The highest BCUT2D eigenvalue weighted by atomic mass is 14.9. The lowest BCUT2D eigenvalue weighted by molar-refractivity contribution is 1.14. The van der Waals surface area contributed by atoms with Gasteiger partial charge in [-0.1, -0.05) is 84.9 Å². The van der Waals surface area contributed by atoms with Crippen LogP contribution in [0, 0.1) is 6.92 Å². The maximum Gasteiger partial charge on any atom is 0.179 e. The van der Waals surface area contributed by atoms with Crippen LogP contribution >= 0.6 is 0 Å². The molecule has 0 saturated heterocycles. The molecule has 7 aromatic rings. The molecule has 4 aromatic heterocycles. The Kier molecular flexibility index (Phi) is 5.60. The van der Waals surface area contributed by atoms with Crippen molar-refractivity contribution in [3.63, 3.8) is 0 Å². The maximum atomic E-state index is 5.11. The molecular weight excluding hydrogens is 478 g/mol. The smallest absolute Gasteiger partial charge is 0.179 e. The fourth-order valence-corrected chi connectivity index (χ4v) is 4.94. The molecule has 0 atom stereocenters. The number of nitrogens with zero attached hydrogens (tertiary/aromatic N) is 5. The van der Waals surface area contributed by atoms with Crippen molar-refractivity contribution >= 4 is 21.8 Å². The molecule has 4 heterocycles. The Morgan fingerprint density at radius 1 is 0.487 bits per heavy atom. The molecular formula is C34H23N5. The Morgan fingerprint density at radius 3 is 1.97 bits per heavy atom. The Morgan fingerprint density at radius 2 is 1.21 bits per heavy atom. The van der Waals surface area contributed by atoms with Gasteiger partial charge >= 0.3 is 0 Å². The van der Waals surface area contributed by atoms with Crippen molar-refractivity contribution in [2.45, 2.75) is 6.92 Å². The average Bonchev–Trinajstić information content (AvgIpc) is 3.01. The third-order valence-electron chi connectivity index (χ3n) is 6.80. The van der Waals surface area contributed by atoms with Gasteiger partial charge in [0.05, 0.1) is 28.1 Å². The number of hydrogen-bond donors (Lipinski definition) is 0. The van der Waals surface area contributed by atoms with Gasteiger partial charge in [0.1, 0.15) is 5.69 Å². The van der Waals surface area contributed by atoms with E-state index in [1.165, 1.54) is 0 Å². The molecule has 0 aliphatic heterocycles. The third-order valence-corrected chi connectivity index (χ3v) is 6.80. The van der Waals surface area contributed by atoms with Crippen LogP contribution in [0.1, 0.15) is 5.69 Å². The minimum absolute atomic E-state index is 0.548. The maximum absolute atomic E-state index is 5.11. The second-order valence-electron chi connectivity index (χ2n) is 9.45. The monoisotopic (exact) mass is 501 g/mol. The highest BCUT2D eigenvalue weighted by Gasteiger charge is 2.15. The van der Waals surface area contributed by atoms with E-state index in [2.05, 4.69) is 53.5 Å². The molecule has 0 fully saturated rings. The van der Waals surface area contributed by atoms with E-state index in [0.717, 1.165) is 61.3 Å². The van der Waals surface area contributed by atoms with Crippen LogP contribution in [0.2, 0.25) is 0 Å². The molecule has 0 unspecified atom stereocenters. The molecule has 0 aliphatic rings. The highest BCUT2D eigenvalue weighted by Crippen LogP contribution is 2.33. The first-order chi connectivity index (χ1) is 19.2. The molecule has 0 spiro atoms. The number of pyridine rings is 3. The van der Waals surface area contributed by atoms with Gasteiger partial charge in [-0.25, -0.2) is 15.0 Å². The van der Waals surface area contributed by atoms with E-state index in [9.17, 15) is 0 Å². The summed E-state index contributed by atoms with van der Waals surface area (Å²) in [5.41, 5.74) is 9.01. The van der Waals surface area contributed by atoms with Gasteiger partial charge in [-0.3, -0.25) is 9.97 Å². The standard InChI is InChI=1S/C34H23N5/c1-22-20-27(23-10-4-2-5-11-23)26-17-15-25-16-18-29(37-32(25)33(26)36-22)34-38-30(24-12-6-3-7-13-24)21-31(39-34)28-14-8-9-19-35-28/h2-21H,1H3. The first kappa shape index (κ1) is 22.9. The second kappa shape index (κ2) is 9.54. The van der Waals surface area contributed by atoms with Crippen LogP contribution in [-0.2, 0) is 0 Å². The zero-order valence-corrected chi connectivity index (χ0v) is 21.3. The van der Waals surface area contributed by atoms with Gasteiger partial charge in [0, 0.05) is 28.2 Å². The van der Waals surface area contributed by atoms with E-state index >= 15 is 0 Å². The Hall–Kier alpha value is -5.29. The Bertz CT molecular complexity index is 1900. The summed E-state index contributed by atoms with van der Waals surface area (Å²) in [6, 6.07) is 38.8. The summed E-state index contributed by atoms with van der Waals surface area (Å²) < 4.78 is 0. The van der Waals surface area contributed by atoms with Crippen LogP contribution in [0.3, 0.4) is 0 Å². The van der Waals surface area contributed by atoms with Gasteiger partial charge < -0.3 is 0 Å². The SMILES string of the molecule is Cc1cc(-c2ccccc2)c2ccc3ccc(-c4nc(-c5ccccc5)cc(-c5ccccn5)n4)nc3c2n1. The van der Waals surface area contributed by atoms with Crippen LogP contribution < -0.4 is 0 Å². The molecule has 7 rings (SSSR count). The van der Waals surface area contributed by atoms with E-state index in [1.807, 2.05) is 73.7 Å². The normalized spacial score (nSPS) is 11.2. The molecule has 0 saturated carbocycles. The molecule has 0 bridgehead atoms. The van der Waals surface area contributed by atoms with Gasteiger partial charge in [0.15, 0.2) is 5.82 Å². The first-order valence-corrected chi connectivity index (χ1v) is 12.9. The summed E-state index contributed by atoms with van der Waals surface area (Å²) in [5, 5.41) is 2.09. The minimum atomic E-state index is 0.548. The molecule has 0 amide bonds. The van der Waals surface area contributed by atoms with E-state index in [1.54, 1.807) is 6.20 Å². The van der Waals surface area contributed by atoms with Crippen molar-refractivity contribution < 1.29 is 0 Å². The largest absolute Gasteiger partial charge is 0.255 e. The predicted octanol–water partition coefficient (Wildman–Crippen LogP) is 7.94. The van der Waals surface area contributed by atoms with Crippen LogP contribution in [-0.4, -0.2) is 24.9 Å². The summed E-state index contributed by atoms with van der Waals surface area (Å²) >= 11 is 0. The lowest BCUT2D eigenvalue weighted by atomic mass is 9.99. The molecule has 0 N–H and O–H groups in total. The van der Waals surface area contributed by atoms with Gasteiger partial charge in [-0.15, -0.1) is 0 Å². The molecule has 5 nitrogen and oxygen atoms in total. The summed E-state index contributed by atoms with van der Waals surface area (Å²) in [6.45, 7) is 2.03. The lowest BCUT2D eigenvalue weighted by Gasteiger charge is -2.12. The molecule has 5 heteroatoms. The van der Waals surface area contributed by atoms with Gasteiger partial charge in [0.25, 0.3) is 0 Å². The van der Waals surface area contributed by atoms with Crippen LogP contribution in [0.15, 0.2) is 121 Å². The van der Waals surface area contributed by atoms with Crippen LogP contribution in [0.4, 0.5) is 0 Å². The van der Waals surface area contributed by atoms with Gasteiger partial charge in [0.2, 0.25) is 0 Å². The zero-order chi connectivity index (χ0) is 26.2. The number of aryl methyl sites for hydroxylation is 1. The summed E-state index contributed by atoms with van der Waals surface area (Å²) in [7, 11) is 0. The van der Waals surface area contributed by atoms with Crippen molar-refractivity contribution in [2.24, 2.45) is 0 Å². The van der Waals surface area contributed by atoms with E-state index < -0.39 is 0 Å². The second-order valence-corrected chi connectivity index (χ2v) is 9.45. The van der Waals surface area contributed by atoms with Gasteiger partial charge in [-0.2, -0.15) is 0 Å². The predicted molar refractivity (Wildman–Crippen MR) is 157 cm³/mol. The van der Waals surface area contributed by atoms with E-state index in [-0.39, 0.29) is 0 Å². The average molecular weight is 502 g/mol. The number of hydrogen-bond acceptors (Lipinski definition) is 5. The van der Waals surface area contributed by atoms with E-state index in [4.69, 9.17) is 19.9 Å². The first-order valence-electron chi connectivity index (χ1n) is 12.9. The number of rotatable bonds is 4. The molecule has 0 radical (unpaired) electrons. The zero-order valence-electron chi connectivity index (χ0n) is 21.3. The topological polar surface area (TPSA) is 64.5 Å². The highest BCUT2D eigenvalue weighted by molar-refractivity contribution is 6.08. The minimum Gasteiger partial charge on any atom is -0.255 e. The van der Waals surface area contributed by atoms with Crippen LogP contribution in [0.5, 0.6) is 0 Å². The van der Waals surface area contributed by atoms with E-state index in [0.29, 0.717) is 11.5 Å². The lowest BCUT2D eigenvalue weighted by Crippen LogP contribution is -1.99. The molecule has 0 aliphatic carbocycles. The fourth-order valence-electron chi connectivity index (χ4n) is 4.94. The number of fused-ring (bicyclic) bond motifs is 3. The molecule has 184 valence electrons. The number of aromatic nitrogens is 5. The Balaban J connectivity index is 1.46. The van der Waals surface area contributed by atoms with Crippen molar-refractivity contribution in [3.05, 3.63) is 127 Å². The van der Waals surface area contributed by atoms with Crippen molar-refractivity contribution in [2.75, 3.05) is 0 Å². The van der Waals surface area contributed by atoms with Crippen molar-refractivity contribution in [3.8, 4) is 45.3 Å². The summed E-state index contributed by atoms with van der Waals surface area (Å²) in [5.74, 6) is 0.548.